The van der Waals surface area contributed by atoms with Crippen molar-refractivity contribution in [2.75, 3.05) is 11.9 Å². The van der Waals surface area contributed by atoms with Crippen LogP contribution in [0.5, 0.6) is 0 Å². The lowest BCUT2D eigenvalue weighted by atomic mass is 9.82. The van der Waals surface area contributed by atoms with Crippen LogP contribution >= 0.6 is 0 Å². The van der Waals surface area contributed by atoms with Crippen molar-refractivity contribution in [3.63, 3.8) is 0 Å². The number of nitrogens with two attached hydrogens (primary N) is 1. The molecule has 0 bridgehead atoms. The zero-order valence-corrected chi connectivity index (χ0v) is 11.3. The number of hydrogen-bond acceptors (Lipinski definition) is 5. The van der Waals surface area contributed by atoms with Crippen LogP contribution in [0.2, 0.25) is 0 Å². The number of nitrogens with zero attached hydrogens (tertiary/aromatic N) is 2. The molecule has 0 amide bonds. The lowest BCUT2D eigenvalue weighted by Crippen LogP contribution is -2.47. The van der Waals surface area contributed by atoms with Crippen molar-refractivity contribution in [1.82, 2.24) is 0 Å². The summed E-state index contributed by atoms with van der Waals surface area (Å²) in [5.74, 6) is 0. The SMILES string of the molecule is N#Cc1cc(NCC2(N)CCCCC2)ccc1[N+](=O)[O-]. The van der Waals surface area contributed by atoms with Crippen LogP contribution in [0, 0.1) is 21.4 Å². The van der Waals surface area contributed by atoms with Gasteiger partial charge >= 0.3 is 0 Å². The van der Waals surface area contributed by atoms with E-state index in [2.05, 4.69) is 5.32 Å². The topological polar surface area (TPSA) is 105 Å². The highest BCUT2D eigenvalue weighted by Crippen LogP contribution is 2.27. The lowest BCUT2D eigenvalue weighted by molar-refractivity contribution is -0.385. The molecule has 106 valence electrons. The van der Waals surface area contributed by atoms with Crippen molar-refractivity contribution in [2.45, 2.75) is 37.6 Å². The number of anilines is 1. The fourth-order valence-electron chi connectivity index (χ4n) is 2.61. The van der Waals surface area contributed by atoms with E-state index in [-0.39, 0.29) is 16.8 Å². The molecule has 0 saturated heterocycles. The zero-order valence-electron chi connectivity index (χ0n) is 11.3. The summed E-state index contributed by atoms with van der Waals surface area (Å²) in [6, 6.07) is 6.32. The number of hydrogen-bond donors (Lipinski definition) is 2. The monoisotopic (exact) mass is 274 g/mol. The summed E-state index contributed by atoms with van der Waals surface area (Å²) >= 11 is 0. The molecule has 1 aromatic carbocycles. The first-order chi connectivity index (χ1) is 9.54. The second-order valence-corrected chi connectivity index (χ2v) is 5.38. The zero-order chi connectivity index (χ0) is 14.6. The fourth-order valence-corrected chi connectivity index (χ4v) is 2.61. The Hall–Kier alpha value is -2.13. The maximum Gasteiger partial charge on any atom is 0.287 e. The molecule has 0 radical (unpaired) electrons. The van der Waals surface area contributed by atoms with E-state index in [9.17, 15) is 10.1 Å². The number of nitro groups is 1. The maximum absolute atomic E-state index is 10.8. The highest BCUT2D eigenvalue weighted by atomic mass is 16.6. The fraction of sp³-hybridized carbons (Fsp3) is 0.500. The van der Waals surface area contributed by atoms with Gasteiger partial charge in [0.05, 0.1) is 4.92 Å². The molecule has 1 saturated carbocycles. The summed E-state index contributed by atoms with van der Waals surface area (Å²) in [6.07, 6.45) is 5.48. The minimum atomic E-state index is -0.548. The van der Waals surface area contributed by atoms with Gasteiger partial charge in [0, 0.05) is 23.8 Å². The van der Waals surface area contributed by atoms with Gasteiger partial charge in [-0.25, -0.2) is 0 Å². The van der Waals surface area contributed by atoms with Crippen LogP contribution in [0.4, 0.5) is 11.4 Å². The second-order valence-electron chi connectivity index (χ2n) is 5.38. The van der Waals surface area contributed by atoms with E-state index in [1.165, 1.54) is 18.6 Å². The van der Waals surface area contributed by atoms with E-state index in [4.69, 9.17) is 11.0 Å². The van der Waals surface area contributed by atoms with Crippen LogP contribution in [0.25, 0.3) is 0 Å². The lowest BCUT2D eigenvalue weighted by Gasteiger charge is -2.33. The number of nitriles is 1. The van der Waals surface area contributed by atoms with Crippen LogP contribution in [0.1, 0.15) is 37.7 Å². The van der Waals surface area contributed by atoms with E-state index in [0.29, 0.717) is 12.2 Å². The summed E-state index contributed by atoms with van der Waals surface area (Å²) in [5.41, 5.74) is 6.70. The molecule has 0 aliphatic heterocycles. The summed E-state index contributed by atoms with van der Waals surface area (Å²) in [5, 5.41) is 22.9. The van der Waals surface area contributed by atoms with E-state index in [1.807, 2.05) is 6.07 Å². The van der Waals surface area contributed by atoms with Gasteiger partial charge in [0.2, 0.25) is 0 Å². The highest BCUT2D eigenvalue weighted by Gasteiger charge is 2.27. The van der Waals surface area contributed by atoms with Crippen molar-refractivity contribution in [3.05, 3.63) is 33.9 Å². The molecule has 0 atom stereocenters. The van der Waals surface area contributed by atoms with Gasteiger partial charge in [-0.1, -0.05) is 19.3 Å². The molecule has 1 aliphatic rings. The van der Waals surface area contributed by atoms with E-state index >= 15 is 0 Å². The maximum atomic E-state index is 10.8. The first kappa shape index (κ1) is 14.3. The molecule has 6 heteroatoms. The van der Waals surface area contributed by atoms with Crippen LogP contribution < -0.4 is 11.1 Å². The summed E-state index contributed by atoms with van der Waals surface area (Å²) in [7, 11) is 0. The van der Waals surface area contributed by atoms with Gasteiger partial charge in [-0.05, 0) is 25.0 Å². The predicted octanol–water partition coefficient (Wildman–Crippen LogP) is 2.54. The summed E-state index contributed by atoms with van der Waals surface area (Å²) in [6.45, 7) is 0.621. The molecular weight excluding hydrogens is 256 g/mol. The van der Waals surface area contributed by atoms with Crippen molar-refractivity contribution in [2.24, 2.45) is 5.73 Å². The number of nitrogens with one attached hydrogen (secondary N) is 1. The molecule has 0 unspecified atom stereocenters. The van der Waals surface area contributed by atoms with Crippen LogP contribution in [0.15, 0.2) is 18.2 Å². The highest BCUT2D eigenvalue weighted by molar-refractivity contribution is 5.58. The second kappa shape index (κ2) is 5.88. The molecule has 6 nitrogen and oxygen atoms in total. The third kappa shape index (κ3) is 3.25. The van der Waals surface area contributed by atoms with E-state index < -0.39 is 4.92 Å². The van der Waals surface area contributed by atoms with Gasteiger partial charge in [-0.15, -0.1) is 0 Å². The Balaban J connectivity index is 2.07. The Morgan fingerprint density at radius 3 is 2.70 bits per heavy atom. The van der Waals surface area contributed by atoms with E-state index in [1.54, 1.807) is 6.07 Å². The molecule has 1 fully saturated rings. The third-order valence-corrected chi connectivity index (χ3v) is 3.81. The van der Waals surface area contributed by atoms with Crippen LogP contribution in [-0.4, -0.2) is 17.0 Å². The van der Waals surface area contributed by atoms with E-state index in [0.717, 1.165) is 25.7 Å². The minimum Gasteiger partial charge on any atom is -0.383 e. The summed E-state index contributed by atoms with van der Waals surface area (Å²) < 4.78 is 0. The molecule has 3 N–H and O–H groups in total. The average Bonchev–Trinajstić information content (AvgIpc) is 2.45. The van der Waals surface area contributed by atoms with Gasteiger partial charge < -0.3 is 11.1 Å². The number of rotatable bonds is 4. The Morgan fingerprint density at radius 1 is 1.40 bits per heavy atom. The molecule has 1 aliphatic carbocycles. The van der Waals surface area contributed by atoms with Crippen molar-refractivity contribution < 1.29 is 4.92 Å². The molecule has 20 heavy (non-hydrogen) atoms. The van der Waals surface area contributed by atoms with Crippen molar-refractivity contribution >= 4 is 11.4 Å². The summed E-state index contributed by atoms with van der Waals surface area (Å²) in [4.78, 5) is 10.2. The number of benzene rings is 1. The van der Waals surface area contributed by atoms with Crippen LogP contribution in [-0.2, 0) is 0 Å². The molecule has 0 heterocycles. The Kier molecular flexibility index (Phi) is 4.20. The molecule has 0 aromatic heterocycles. The molecule has 1 aromatic rings. The first-order valence-electron chi connectivity index (χ1n) is 6.75. The number of nitro benzene ring substituents is 1. The molecular formula is C14H18N4O2. The first-order valence-corrected chi connectivity index (χ1v) is 6.75. The Labute approximate surface area is 117 Å². The largest absolute Gasteiger partial charge is 0.383 e. The molecule has 2 rings (SSSR count). The minimum absolute atomic E-state index is 0.0646. The van der Waals surface area contributed by atoms with Gasteiger partial charge in [-0.2, -0.15) is 5.26 Å². The quantitative estimate of drug-likeness (QED) is 0.648. The Bertz CT molecular complexity index is 545. The van der Waals surface area contributed by atoms with Gasteiger partial charge in [-0.3, -0.25) is 10.1 Å². The van der Waals surface area contributed by atoms with Gasteiger partial charge in [0.1, 0.15) is 11.6 Å². The third-order valence-electron chi connectivity index (χ3n) is 3.81. The normalized spacial score (nSPS) is 17.2. The van der Waals surface area contributed by atoms with Gasteiger partial charge in [0.15, 0.2) is 0 Å². The van der Waals surface area contributed by atoms with Crippen molar-refractivity contribution in [3.8, 4) is 6.07 Å². The smallest absolute Gasteiger partial charge is 0.287 e. The average molecular weight is 274 g/mol. The Morgan fingerprint density at radius 2 is 2.10 bits per heavy atom. The standard InChI is InChI=1S/C14H18N4O2/c15-9-11-8-12(4-5-13(11)18(19)20)17-10-14(16)6-2-1-3-7-14/h4-5,8,17H,1-3,6-7,10,16H2. The predicted molar refractivity (Wildman–Crippen MR) is 76.3 cm³/mol. The van der Waals surface area contributed by atoms with Crippen LogP contribution in [0.3, 0.4) is 0 Å². The molecule has 0 spiro atoms. The van der Waals surface area contributed by atoms with Gasteiger partial charge in [0.25, 0.3) is 5.69 Å². The van der Waals surface area contributed by atoms with Crippen molar-refractivity contribution in [1.29, 1.82) is 5.26 Å².